The lowest BCUT2D eigenvalue weighted by atomic mass is 10.1. The number of aliphatic hydroxyl groups is 1. The van der Waals surface area contributed by atoms with Crippen molar-refractivity contribution in [2.24, 2.45) is 0 Å². The fraction of sp³-hybridized carbons (Fsp3) is 0.364. The maximum atomic E-state index is 11.8. The van der Waals surface area contributed by atoms with Crippen molar-refractivity contribution >= 4 is 23.2 Å². The Morgan fingerprint density at radius 3 is 2.88 bits per heavy atom. The molecule has 0 aliphatic heterocycles. The largest absolute Gasteiger partial charge is 0.398 e. The Kier molecular flexibility index (Phi) is 4.58. The number of hydrogen-bond acceptors (Lipinski definition) is 3. The van der Waals surface area contributed by atoms with Crippen LogP contribution >= 0.6 is 11.6 Å². The van der Waals surface area contributed by atoms with Crippen LogP contribution in [-0.4, -0.2) is 23.7 Å². The highest BCUT2D eigenvalue weighted by molar-refractivity contribution is 6.31. The second kappa shape index (κ2) is 5.72. The number of carbonyl (C=O) groups excluding carboxylic acids is 1. The smallest absolute Gasteiger partial charge is 0.253 e. The highest BCUT2D eigenvalue weighted by Gasteiger charge is 2.13. The second-order valence-electron chi connectivity index (χ2n) is 3.49. The Bertz CT molecular complexity index is 378. The fourth-order valence-corrected chi connectivity index (χ4v) is 1.44. The van der Waals surface area contributed by atoms with E-state index in [0.717, 1.165) is 0 Å². The molecule has 4 N–H and O–H groups in total. The molecule has 1 rings (SSSR count). The maximum absolute atomic E-state index is 11.8. The predicted molar refractivity (Wildman–Crippen MR) is 64.5 cm³/mol. The van der Waals surface area contributed by atoms with Gasteiger partial charge in [-0.1, -0.05) is 18.5 Å². The molecule has 0 aromatic heterocycles. The topological polar surface area (TPSA) is 75.3 Å². The average molecular weight is 243 g/mol. The van der Waals surface area contributed by atoms with Gasteiger partial charge in [0.05, 0.1) is 18.2 Å². The first-order valence-corrected chi connectivity index (χ1v) is 5.43. The van der Waals surface area contributed by atoms with Gasteiger partial charge in [-0.15, -0.1) is 0 Å². The van der Waals surface area contributed by atoms with Gasteiger partial charge < -0.3 is 16.2 Å². The fourth-order valence-electron chi connectivity index (χ4n) is 1.27. The highest BCUT2D eigenvalue weighted by atomic mass is 35.5. The van der Waals surface area contributed by atoms with Gasteiger partial charge >= 0.3 is 0 Å². The summed E-state index contributed by atoms with van der Waals surface area (Å²) >= 11 is 5.78. The summed E-state index contributed by atoms with van der Waals surface area (Å²) in [5.74, 6) is -0.319. The summed E-state index contributed by atoms with van der Waals surface area (Å²) < 4.78 is 0. The summed E-state index contributed by atoms with van der Waals surface area (Å²) in [4.78, 5) is 11.8. The Morgan fingerprint density at radius 2 is 2.31 bits per heavy atom. The summed E-state index contributed by atoms with van der Waals surface area (Å²) in [7, 11) is 0. The van der Waals surface area contributed by atoms with Crippen LogP contribution in [0.25, 0.3) is 0 Å². The van der Waals surface area contributed by atoms with E-state index in [0.29, 0.717) is 22.7 Å². The minimum atomic E-state index is -0.319. The van der Waals surface area contributed by atoms with Crippen molar-refractivity contribution in [2.45, 2.75) is 19.4 Å². The number of nitrogen functional groups attached to an aromatic ring is 1. The molecule has 1 aromatic rings. The van der Waals surface area contributed by atoms with E-state index in [-0.39, 0.29) is 18.6 Å². The normalized spacial score (nSPS) is 12.2. The molecule has 0 spiro atoms. The van der Waals surface area contributed by atoms with Crippen molar-refractivity contribution in [3.63, 3.8) is 0 Å². The van der Waals surface area contributed by atoms with Gasteiger partial charge in [-0.05, 0) is 24.6 Å². The van der Waals surface area contributed by atoms with E-state index in [1.807, 2.05) is 6.92 Å². The van der Waals surface area contributed by atoms with Crippen LogP contribution in [0.2, 0.25) is 5.02 Å². The number of benzene rings is 1. The molecule has 1 aromatic carbocycles. The predicted octanol–water partition coefficient (Wildman–Crippen LogP) is 1.42. The van der Waals surface area contributed by atoms with Gasteiger partial charge in [-0.25, -0.2) is 0 Å². The third-order valence-corrected chi connectivity index (χ3v) is 2.54. The molecule has 1 amide bonds. The van der Waals surface area contributed by atoms with Gasteiger partial charge in [0.15, 0.2) is 0 Å². The zero-order valence-corrected chi connectivity index (χ0v) is 9.79. The molecular formula is C11H15ClN2O2. The maximum Gasteiger partial charge on any atom is 0.253 e. The van der Waals surface area contributed by atoms with Crippen molar-refractivity contribution in [3.05, 3.63) is 28.8 Å². The lowest BCUT2D eigenvalue weighted by molar-refractivity contribution is 0.0916. The Morgan fingerprint density at radius 1 is 1.62 bits per heavy atom. The van der Waals surface area contributed by atoms with Crippen LogP contribution in [0.5, 0.6) is 0 Å². The minimum Gasteiger partial charge on any atom is -0.398 e. The molecule has 88 valence electrons. The molecular weight excluding hydrogens is 228 g/mol. The van der Waals surface area contributed by atoms with Crippen molar-refractivity contribution < 1.29 is 9.90 Å². The summed E-state index contributed by atoms with van der Waals surface area (Å²) in [6, 6.07) is 4.45. The first kappa shape index (κ1) is 12.8. The molecule has 5 heteroatoms. The molecule has 0 radical (unpaired) electrons. The van der Waals surface area contributed by atoms with Gasteiger partial charge in [0.2, 0.25) is 0 Å². The molecule has 0 heterocycles. The number of nitrogens with two attached hydrogens (primary N) is 1. The van der Waals surface area contributed by atoms with E-state index in [2.05, 4.69) is 5.32 Å². The third kappa shape index (κ3) is 3.12. The zero-order valence-electron chi connectivity index (χ0n) is 9.03. The number of carbonyl (C=O) groups is 1. The van der Waals surface area contributed by atoms with E-state index < -0.39 is 0 Å². The quantitative estimate of drug-likeness (QED) is 0.699. The number of rotatable bonds is 4. The van der Waals surface area contributed by atoms with Crippen LogP contribution in [0.15, 0.2) is 18.2 Å². The second-order valence-corrected chi connectivity index (χ2v) is 3.93. The Labute approximate surface area is 99.4 Å². The van der Waals surface area contributed by atoms with Crippen LogP contribution in [0.1, 0.15) is 23.7 Å². The van der Waals surface area contributed by atoms with E-state index >= 15 is 0 Å². The van der Waals surface area contributed by atoms with Crippen LogP contribution in [-0.2, 0) is 0 Å². The van der Waals surface area contributed by atoms with Crippen LogP contribution in [0.4, 0.5) is 5.69 Å². The van der Waals surface area contributed by atoms with Gasteiger partial charge in [0.1, 0.15) is 0 Å². The number of nitrogens with one attached hydrogen (secondary N) is 1. The molecule has 0 saturated carbocycles. The standard InChI is InChI=1S/C11H15ClN2O2/c1-2-8(6-15)14-11(16)9-5-7(12)3-4-10(9)13/h3-5,8,15H,2,6,13H2,1H3,(H,14,16)/t8-/m0/s1. The molecule has 16 heavy (non-hydrogen) atoms. The van der Waals surface area contributed by atoms with Crippen molar-refractivity contribution in [2.75, 3.05) is 12.3 Å². The van der Waals surface area contributed by atoms with Crippen LogP contribution in [0, 0.1) is 0 Å². The molecule has 0 saturated heterocycles. The van der Waals surface area contributed by atoms with Crippen molar-refractivity contribution in [1.82, 2.24) is 5.32 Å². The summed E-state index contributed by atoms with van der Waals surface area (Å²) in [5, 5.41) is 12.1. The molecule has 0 aliphatic carbocycles. The van der Waals surface area contributed by atoms with Gasteiger partial charge in [0.25, 0.3) is 5.91 Å². The van der Waals surface area contributed by atoms with E-state index in [4.69, 9.17) is 22.4 Å². The molecule has 0 fully saturated rings. The summed E-state index contributed by atoms with van der Waals surface area (Å²) in [6.45, 7) is 1.78. The lowest BCUT2D eigenvalue weighted by Gasteiger charge is -2.14. The zero-order chi connectivity index (χ0) is 12.1. The molecule has 0 aliphatic rings. The van der Waals surface area contributed by atoms with E-state index in [1.54, 1.807) is 12.1 Å². The Balaban J connectivity index is 2.83. The number of halogens is 1. The highest BCUT2D eigenvalue weighted by Crippen LogP contribution is 2.17. The first-order chi connectivity index (χ1) is 7.58. The monoisotopic (exact) mass is 242 g/mol. The average Bonchev–Trinajstić information content (AvgIpc) is 2.28. The van der Waals surface area contributed by atoms with Gasteiger partial charge in [-0.3, -0.25) is 4.79 Å². The SMILES string of the molecule is CC[C@@H](CO)NC(=O)c1cc(Cl)ccc1N. The number of anilines is 1. The minimum absolute atomic E-state index is 0.0945. The summed E-state index contributed by atoms with van der Waals surface area (Å²) in [6.07, 6.45) is 0.655. The van der Waals surface area contributed by atoms with Crippen molar-refractivity contribution in [1.29, 1.82) is 0 Å². The molecule has 0 unspecified atom stereocenters. The van der Waals surface area contributed by atoms with Crippen LogP contribution in [0.3, 0.4) is 0 Å². The number of aliphatic hydroxyl groups excluding tert-OH is 1. The molecule has 4 nitrogen and oxygen atoms in total. The van der Waals surface area contributed by atoms with E-state index in [1.165, 1.54) is 6.07 Å². The van der Waals surface area contributed by atoms with E-state index in [9.17, 15) is 4.79 Å². The first-order valence-electron chi connectivity index (χ1n) is 5.05. The number of hydrogen-bond donors (Lipinski definition) is 3. The van der Waals surface area contributed by atoms with Crippen molar-refractivity contribution in [3.8, 4) is 0 Å². The van der Waals surface area contributed by atoms with Crippen LogP contribution < -0.4 is 11.1 Å². The number of amides is 1. The van der Waals surface area contributed by atoms with Gasteiger partial charge in [0, 0.05) is 10.7 Å². The molecule has 0 bridgehead atoms. The van der Waals surface area contributed by atoms with Gasteiger partial charge in [-0.2, -0.15) is 0 Å². The molecule has 1 atom stereocenters. The third-order valence-electron chi connectivity index (χ3n) is 2.31. The Hall–Kier alpha value is -1.26. The lowest BCUT2D eigenvalue weighted by Crippen LogP contribution is -2.37. The summed E-state index contributed by atoms with van der Waals surface area (Å²) in [5.41, 5.74) is 6.37.